The van der Waals surface area contributed by atoms with Crippen molar-refractivity contribution in [3.8, 4) is 0 Å². The molecule has 0 bridgehead atoms. The van der Waals surface area contributed by atoms with E-state index in [1.165, 1.54) is 19.3 Å². The van der Waals surface area contributed by atoms with Crippen LogP contribution in [0.25, 0.3) is 0 Å². The Bertz CT molecular complexity index is 282. The van der Waals surface area contributed by atoms with Gasteiger partial charge in [-0.2, -0.15) is 12.6 Å². The lowest BCUT2D eigenvalue weighted by atomic mass is 10.2. The van der Waals surface area contributed by atoms with Crippen LogP contribution in [0, 0.1) is 0 Å². The van der Waals surface area contributed by atoms with Crippen LogP contribution in [0.5, 0.6) is 0 Å². The van der Waals surface area contributed by atoms with Gasteiger partial charge in [-0.05, 0) is 32.1 Å². The summed E-state index contributed by atoms with van der Waals surface area (Å²) in [7, 11) is 4.96. The van der Waals surface area contributed by atoms with Crippen LogP contribution in [0.15, 0.2) is 0 Å². The summed E-state index contributed by atoms with van der Waals surface area (Å²) in [6.45, 7) is 3.73. The molecule has 4 N–H and O–H groups in total. The van der Waals surface area contributed by atoms with Crippen LogP contribution in [0.4, 0.5) is 4.79 Å². The first-order chi connectivity index (χ1) is 9.61. The maximum atomic E-state index is 11.4. The molecule has 0 spiro atoms. The molecular formula is C12H25BN4O2S. The van der Waals surface area contributed by atoms with E-state index in [-0.39, 0.29) is 6.03 Å². The smallest absolute Gasteiger partial charge is 0.315 e. The SMILES string of the molecule is [B]NC(=O)[C@H](C)NC(=O)NCCNCCCCCCS. The van der Waals surface area contributed by atoms with E-state index in [1.54, 1.807) is 6.92 Å². The minimum atomic E-state index is -0.653. The summed E-state index contributed by atoms with van der Waals surface area (Å²) in [6.07, 6.45) is 4.72. The van der Waals surface area contributed by atoms with Gasteiger partial charge in [0, 0.05) is 13.1 Å². The normalized spacial score (nSPS) is 11.7. The molecule has 0 aliphatic carbocycles. The number of thiol groups is 1. The van der Waals surface area contributed by atoms with Gasteiger partial charge in [0.15, 0.2) is 0 Å². The molecule has 0 rings (SSSR count). The number of urea groups is 1. The zero-order valence-electron chi connectivity index (χ0n) is 12.1. The summed E-state index contributed by atoms with van der Waals surface area (Å²) in [6, 6.07) is -1.03. The van der Waals surface area contributed by atoms with Crippen molar-refractivity contribution in [2.24, 2.45) is 0 Å². The molecule has 0 aliphatic heterocycles. The van der Waals surface area contributed by atoms with Gasteiger partial charge in [0.2, 0.25) is 13.9 Å². The van der Waals surface area contributed by atoms with Gasteiger partial charge in [0.1, 0.15) is 6.04 Å². The molecule has 0 saturated carbocycles. The summed E-state index contributed by atoms with van der Waals surface area (Å²) < 4.78 is 0. The van der Waals surface area contributed by atoms with Crippen molar-refractivity contribution in [3.63, 3.8) is 0 Å². The standard InChI is InChI=1S/C12H25BN4O2S/c1-10(11(18)17-13)16-12(19)15-8-7-14-6-4-2-3-5-9-20/h10,14,20H,2-9H2,1H3,(H,17,18)(H2,15,16,19)/t10-/m0/s1. The van der Waals surface area contributed by atoms with Crippen LogP contribution in [-0.4, -0.2) is 51.3 Å². The first kappa shape index (κ1) is 19.1. The number of carbonyl (C=O) groups excluding carboxylic acids is 2. The molecule has 0 aliphatic rings. The minimum absolute atomic E-state index is 0.378. The Labute approximate surface area is 128 Å². The number of nitrogens with one attached hydrogen (secondary N) is 4. The van der Waals surface area contributed by atoms with Crippen molar-refractivity contribution >= 4 is 32.5 Å². The van der Waals surface area contributed by atoms with Crippen molar-refractivity contribution in [2.45, 2.75) is 38.6 Å². The average molecular weight is 300 g/mol. The molecule has 0 aromatic rings. The molecule has 20 heavy (non-hydrogen) atoms. The fourth-order valence-corrected chi connectivity index (χ4v) is 1.77. The van der Waals surface area contributed by atoms with Gasteiger partial charge in [0.25, 0.3) is 0 Å². The molecule has 0 saturated heterocycles. The van der Waals surface area contributed by atoms with Crippen molar-refractivity contribution in [1.29, 1.82) is 0 Å². The van der Waals surface area contributed by atoms with Crippen LogP contribution in [0.3, 0.4) is 0 Å². The van der Waals surface area contributed by atoms with Crippen molar-refractivity contribution in [1.82, 2.24) is 21.2 Å². The van der Waals surface area contributed by atoms with Gasteiger partial charge >= 0.3 is 6.03 Å². The lowest BCUT2D eigenvalue weighted by Gasteiger charge is -2.13. The molecule has 8 heteroatoms. The van der Waals surface area contributed by atoms with Crippen LogP contribution in [0.1, 0.15) is 32.6 Å². The van der Waals surface area contributed by atoms with Crippen LogP contribution >= 0.6 is 12.6 Å². The lowest BCUT2D eigenvalue weighted by molar-refractivity contribution is -0.120. The van der Waals surface area contributed by atoms with Crippen molar-refractivity contribution in [2.75, 3.05) is 25.4 Å². The summed E-state index contributed by atoms with van der Waals surface area (Å²) in [5.41, 5.74) is 0. The van der Waals surface area contributed by atoms with E-state index in [0.717, 1.165) is 18.7 Å². The van der Waals surface area contributed by atoms with E-state index in [1.807, 2.05) is 5.23 Å². The van der Waals surface area contributed by atoms with Crippen LogP contribution in [-0.2, 0) is 4.79 Å². The Morgan fingerprint density at radius 1 is 1.10 bits per heavy atom. The van der Waals surface area contributed by atoms with Crippen LogP contribution < -0.4 is 21.2 Å². The molecule has 3 amide bonds. The van der Waals surface area contributed by atoms with E-state index in [4.69, 9.17) is 7.98 Å². The van der Waals surface area contributed by atoms with Gasteiger partial charge in [-0.3, -0.25) is 4.79 Å². The zero-order chi connectivity index (χ0) is 15.2. The average Bonchev–Trinajstić information content (AvgIpc) is 2.44. The molecule has 1 atom stereocenters. The highest BCUT2D eigenvalue weighted by molar-refractivity contribution is 7.80. The molecule has 0 unspecified atom stereocenters. The maximum absolute atomic E-state index is 11.4. The fraction of sp³-hybridized carbons (Fsp3) is 0.833. The number of hydrogen-bond acceptors (Lipinski definition) is 4. The van der Waals surface area contributed by atoms with E-state index in [0.29, 0.717) is 13.1 Å². The summed E-state index contributed by atoms with van der Waals surface area (Å²) in [5.74, 6) is 0.520. The minimum Gasteiger partial charge on any atom is -0.407 e. The van der Waals surface area contributed by atoms with Crippen molar-refractivity contribution in [3.05, 3.63) is 0 Å². The van der Waals surface area contributed by atoms with Gasteiger partial charge in [0.05, 0.1) is 0 Å². The maximum Gasteiger partial charge on any atom is 0.315 e. The number of rotatable bonds is 11. The number of carbonyl (C=O) groups is 2. The van der Waals surface area contributed by atoms with Gasteiger partial charge in [-0.1, -0.05) is 12.8 Å². The molecule has 0 heterocycles. The molecule has 0 aromatic carbocycles. The Morgan fingerprint density at radius 2 is 1.80 bits per heavy atom. The molecule has 6 nitrogen and oxygen atoms in total. The molecule has 114 valence electrons. The topological polar surface area (TPSA) is 82.3 Å². The quantitative estimate of drug-likeness (QED) is 0.211. The summed E-state index contributed by atoms with van der Waals surface area (Å²) >= 11 is 4.16. The summed E-state index contributed by atoms with van der Waals surface area (Å²) in [4.78, 5) is 22.5. The van der Waals surface area contributed by atoms with Gasteiger partial charge in [-0.15, -0.1) is 0 Å². The van der Waals surface area contributed by atoms with Crippen LogP contribution in [0.2, 0.25) is 0 Å². The fourth-order valence-electron chi connectivity index (χ4n) is 1.54. The highest BCUT2D eigenvalue weighted by Crippen LogP contribution is 1.99. The van der Waals surface area contributed by atoms with E-state index in [2.05, 4.69) is 28.6 Å². The number of unbranched alkanes of at least 4 members (excludes halogenated alkanes) is 3. The first-order valence-corrected chi connectivity index (χ1v) is 7.61. The highest BCUT2D eigenvalue weighted by Gasteiger charge is 2.12. The first-order valence-electron chi connectivity index (χ1n) is 6.98. The molecule has 0 aromatic heterocycles. The molecular weight excluding hydrogens is 275 g/mol. The van der Waals surface area contributed by atoms with Crippen molar-refractivity contribution < 1.29 is 9.59 Å². The van der Waals surface area contributed by atoms with E-state index >= 15 is 0 Å². The predicted molar refractivity (Wildman–Crippen MR) is 85.1 cm³/mol. The van der Waals surface area contributed by atoms with Gasteiger partial charge in [-0.25, -0.2) is 4.79 Å². The predicted octanol–water partition coefficient (Wildman–Crippen LogP) is -0.0464. The third-order valence-corrected chi connectivity index (χ3v) is 3.05. The lowest BCUT2D eigenvalue weighted by Crippen LogP contribution is -2.48. The second-order valence-electron chi connectivity index (χ2n) is 4.52. The second kappa shape index (κ2) is 13.1. The highest BCUT2D eigenvalue weighted by atomic mass is 32.1. The van der Waals surface area contributed by atoms with Gasteiger partial charge < -0.3 is 21.2 Å². The Kier molecular flexibility index (Phi) is 12.5. The molecule has 0 fully saturated rings. The second-order valence-corrected chi connectivity index (χ2v) is 4.97. The third kappa shape index (κ3) is 11.0. The number of amides is 3. The van der Waals surface area contributed by atoms with E-state index in [9.17, 15) is 9.59 Å². The number of hydrogen-bond donors (Lipinski definition) is 5. The summed E-state index contributed by atoms with van der Waals surface area (Å²) in [5, 5.41) is 10.4. The zero-order valence-corrected chi connectivity index (χ0v) is 13.0. The Hall–Kier alpha value is -0.885. The largest absolute Gasteiger partial charge is 0.407 e. The Balaban J connectivity index is 3.37. The van der Waals surface area contributed by atoms with E-state index < -0.39 is 11.9 Å². The molecule has 2 radical (unpaired) electrons. The Morgan fingerprint density at radius 3 is 2.45 bits per heavy atom. The third-order valence-electron chi connectivity index (χ3n) is 2.73. The monoisotopic (exact) mass is 300 g/mol.